The van der Waals surface area contributed by atoms with Crippen LogP contribution in [0.25, 0.3) is 0 Å². The van der Waals surface area contributed by atoms with E-state index in [0.29, 0.717) is 19.3 Å². The number of amides is 1. The smallest absolute Gasteiger partial charge is 0.239 e. The highest BCUT2D eigenvalue weighted by Gasteiger charge is 2.48. The molecule has 4 heteroatoms. The lowest BCUT2D eigenvalue weighted by Crippen LogP contribution is -2.59. The van der Waals surface area contributed by atoms with Gasteiger partial charge in [-0.25, -0.2) is 0 Å². The number of nitrogens with one attached hydrogen (secondary N) is 1. The van der Waals surface area contributed by atoms with Crippen molar-refractivity contribution in [2.75, 3.05) is 26.3 Å². The molecule has 1 aliphatic heterocycles. The van der Waals surface area contributed by atoms with Crippen LogP contribution in [0.1, 0.15) is 39.0 Å². The lowest BCUT2D eigenvalue weighted by atomic mass is 9.54. The van der Waals surface area contributed by atoms with E-state index in [1.807, 2.05) is 4.90 Å². The summed E-state index contributed by atoms with van der Waals surface area (Å²) in [6.45, 7) is 4.95. The second kappa shape index (κ2) is 5.54. The molecule has 4 saturated carbocycles. The van der Waals surface area contributed by atoms with E-state index in [-0.39, 0.29) is 11.9 Å². The van der Waals surface area contributed by atoms with Crippen LogP contribution >= 0.6 is 0 Å². The van der Waals surface area contributed by atoms with Gasteiger partial charge in [0.1, 0.15) is 0 Å². The third-order valence-electron chi connectivity index (χ3n) is 6.36. The van der Waals surface area contributed by atoms with Crippen molar-refractivity contribution in [1.82, 2.24) is 10.2 Å². The van der Waals surface area contributed by atoms with Crippen LogP contribution in [0.2, 0.25) is 0 Å². The van der Waals surface area contributed by atoms with E-state index in [9.17, 15) is 4.79 Å². The molecule has 118 valence electrons. The average Bonchev–Trinajstić information content (AvgIpc) is 2.50. The second-order valence-electron chi connectivity index (χ2n) is 7.78. The molecule has 0 aromatic rings. The summed E-state index contributed by atoms with van der Waals surface area (Å²) in [6.07, 6.45) is 7.11. The van der Waals surface area contributed by atoms with Gasteiger partial charge in [-0.15, -0.1) is 0 Å². The molecule has 1 heterocycles. The summed E-state index contributed by atoms with van der Waals surface area (Å²) in [7, 11) is 0. The molecular formula is C17H28N2O2. The Labute approximate surface area is 127 Å². The van der Waals surface area contributed by atoms with E-state index < -0.39 is 0 Å². The van der Waals surface area contributed by atoms with Crippen LogP contribution in [0.4, 0.5) is 0 Å². The summed E-state index contributed by atoms with van der Waals surface area (Å²) in [6, 6.07) is 0.559. The molecule has 1 atom stereocenters. The Hall–Kier alpha value is -0.610. The molecular weight excluding hydrogens is 264 g/mol. The normalized spacial score (nSPS) is 43.1. The van der Waals surface area contributed by atoms with Crippen molar-refractivity contribution in [3.8, 4) is 0 Å². The molecule has 0 aromatic heterocycles. The van der Waals surface area contributed by atoms with Gasteiger partial charge in [-0.2, -0.15) is 0 Å². The first-order valence-electron chi connectivity index (χ1n) is 8.83. The summed E-state index contributed by atoms with van der Waals surface area (Å²) < 4.78 is 5.34. The maximum Gasteiger partial charge on any atom is 0.239 e. The van der Waals surface area contributed by atoms with Crippen LogP contribution in [0.3, 0.4) is 0 Å². The molecule has 5 aliphatic rings. The highest BCUT2D eigenvalue weighted by molar-refractivity contribution is 5.81. The Morgan fingerprint density at radius 2 is 1.62 bits per heavy atom. The van der Waals surface area contributed by atoms with Gasteiger partial charge in [0, 0.05) is 19.1 Å². The molecule has 4 nitrogen and oxygen atoms in total. The fraction of sp³-hybridized carbons (Fsp3) is 0.941. The van der Waals surface area contributed by atoms with Gasteiger partial charge in [0.05, 0.1) is 19.3 Å². The Morgan fingerprint density at radius 3 is 2.19 bits per heavy atom. The third kappa shape index (κ3) is 2.61. The van der Waals surface area contributed by atoms with Crippen LogP contribution in [0.15, 0.2) is 0 Å². The number of rotatable bonds is 3. The summed E-state index contributed by atoms with van der Waals surface area (Å²) in [5.41, 5.74) is 0. The van der Waals surface area contributed by atoms with Crippen LogP contribution in [-0.2, 0) is 9.53 Å². The molecule has 0 radical (unpaired) electrons. The first-order valence-corrected chi connectivity index (χ1v) is 8.83. The summed E-state index contributed by atoms with van der Waals surface area (Å²) in [4.78, 5) is 14.5. The van der Waals surface area contributed by atoms with Gasteiger partial charge in [0.15, 0.2) is 0 Å². The standard InChI is InChI=1S/C17H28N2O2/c1-11(17(20)19-2-4-21-5-3-19)18-16-14-7-12-6-13(9-14)10-15(16)8-12/h11-16,18H,2-10H2,1H3. The van der Waals surface area contributed by atoms with Crippen molar-refractivity contribution >= 4 is 5.91 Å². The topological polar surface area (TPSA) is 41.6 Å². The molecule has 0 aromatic carbocycles. The van der Waals surface area contributed by atoms with Crippen molar-refractivity contribution in [2.24, 2.45) is 23.7 Å². The Morgan fingerprint density at radius 1 is 1.05 bits per heavy atom. The van der Waals surface area contributed by atoms with Crippen LogP contribution in [0, 0.1) is 23.7 Å². The van der Waals surface area contributed by atoms with Crippen LogP contribution < -0.4 is 5.32 Å². The molecule has 5 rings (SSSR count). The lowest BCUT2D eigenvalue weighted by Gasteiger charge is -2.55. The van der Waals surface area contributed by atoms with Crippen molar-refractivity contribution in [3.63, 3.8) is 0 Å². The highest BCUT2D eigenvalue weighted by Crippen LogP contribution is 2.53. The quantitative estimate of drug-likeness (QED) is 0.860. The van der Waals surface area contributed by atoms with Crippen molar-refractivity contribution in [3.05, 3.63) is 0 Å². The van der Waals surface area contributed by atoms with Gasteiger partial charge < -0.3 is 15.0 Å². The van der Waals surface area contributed by atoms with E-state index in [0.717, 1.165) is 36.8 Å². The monoisotopic (exact) mass is 292 g/mol. The Balaban J connectivity index is 1.38. The number of carbonyl (C=O) groups is 1. The largest absolute Gasteiger partial charge is 0.378 e. The van der Waals surface area contributed by atoms with Crippen LogP contribution in [-0.4, -0.2) is 49.2 Å². The summed E-state index contributed by atoms with van der Waals surface area (Å²) in [5, 5.41) is 3.73. The van der Waals surface area contributed by atoms with Gasteiger partial charge >= 0.3 is 0 Å². The van der Waals surface area contributed by atoms with E-state index >= 15 is 0 Å². The number of carbonyl (C=O) groups excluding carboxylic acids is 1. The molecule has 1 N–H and O–H groups in total. The summed E-state index contributed by atoms with van der Waals surface area (Å²) >= 11 is 0. The molecule has 4 bridgehead atoms. The Bertz CT molecular complexity index is 378. The van der Waals surface area contributed by atoms with Crippen LogP contribution in [0.5, 0.6) is 0 Å². The van der Waals surface area contributed by atoms with E-state index in [4.69, 9.17) is 4.74 Å². The summed E-state index contributed by atoms with van der Waals surface area (Å²) in [5.74, 6) is 3.93. The first-order chi connectivity index (χ1) is 10.2. The molecule has 1 amide bonds. The number of ether oxygens (including phenoxy) is 1. The van der Waals surface area contributed by atoms with Crippen molar-refractivity contribution in [2.45, 2.75) is 51.1 Å². The van der Waals surface area contributed by atoms with Gasteiger partial charge in [0.25, 0.3) is 0 Å². The predicted octanol–water partition coefficient (Wildman–Crippen LogP) is 1.65. The maximum atomic E-state index is 12.6. The van der Waals surface area contributed by atoms with Gasteiger partial charge in [-0.3, -0.25) is 4.79 Å². The minimum absolute atomic E-state index is 0.0365. The lowest BCUT2D eigenvalue weighted by molar-refractivity contribution is -0.138. The van der Waals surface area contributed by atoms with E-state index in [1.54, 1.807) is 0 Å². The molecule has 1 unspecified atom stereocenters. The zero-order valence-corrected chi connectivity index (χ0v) is 13.1. The SMILES string of the molecule is CC(NC1C2CC3CC(C2)CC1C3)C(=O)N1CCOCC1. The number of nitrogens with zero attached hydrogens (tertiary/aromatic N) is 1. The molecule has 4 aliphatic carbocycles. The molecule has 1 saturated heterocycles. The van der Waals surface area contributed by atoms with Crippen molar-refractivity contribution in [1.29, 1.82) is 0 Å². The van der Waals surface area contributed by atoms with Crippen molar-refractivity contribution < 1.29 is 9.53 Å². The Kier molecular flexibility index (Phi) is 3.70. The van der Waals surface area contributed by atoms with E-state index in [1.165, 1.54) is 32.1 Å². The predicted molar refractivity (Wildman–Crippen MR) is 80.8 cm³/mol. The maximum absolute atomic E-state index is 12.6. The third-order valence-corrected chi connectivity index (χ3v) is 6.36. The van der Waals surface area contributed by atoms with Gasteiger partial charge in [-0.1, -0.05) is 0 Å². The zero-order chi connectivity index (χ0) is 14.4. The zero-order valence-electron chi connectivity index (χ0n) is 13.1. The highest BCUT2D eigenvalue weighted by atomic mass is 16.5. The second-order valence-corrected chi connectivity index (χ2v) is 7.78. The molecule has 5 fully saturated rings. The molecule has 0 spiro atoms. The minimum Gasteiger partial charge on any atom is -0.378 e. The minimum atomic E-state index is -0.0365. The fourth-order valence-corrected chi connectivity index (χ4v) is 5.61. The molecule has 21 heavy (non-hydrogen) atoms. The first kappa shape index (κ1) is 14.0. The van der Waals surface area contributed by atoms with Gasteiger partial charge in [-0.05, 0) is 62.7 Å². The number of hydrogen-bond acceptors (Lipinski definition) is 3. The van der Waals surface area contributed by atoms with Gasteiger partial charge in [0.2, 0.25) is 5.91 Å². The fourth-order valence-electron chi connectivity index (χ4n) is 5.61. The van der Waals surface area contributed by atoms with E-state index in [2.05, 4.69) is 12.2 Å². The number of morpholine rings is 1. The number of hydrogen-bond donors (Lipinski definition) is 1. The average molecular weight is 292 g/mol.